The molecule has 1 aliphatic carbocycles. The molecule has 0 radical (unpaired) electrons. The molecule has 1 fully saturated rings. The lowest BCUT2D eigenvalue weighted by molar-refractivity contribution is 0.176. The van der Waals surface area contributed by atoms with E-state index in [9.17, 15) is 4.79 Å². The summed E-state index contributed by atoms with van der Waals surface area (Å²) in [6.07, 6.45) is 6.00. The molecule has 2 aromatic carbocycles. The Hall–Kier alpha value is -3.75. The van der Waals surface area contributed by atoms with Crippen LogP contribution in [0.2, 0.25) is 5.02 Å². The number of tetrazole rings is 1. The number of halogens is 1. The van der Waals surface area contributed by atoms with Gasteiger partial charge in [0.2, 0.25) is 0 Å². The molecule has 0 spiro atoms. The van der Waals surface area contributed by atoms with Crippen LogP contribution in [-0.4, -0.2) is 30.1 Å². The van der Waals surface area contributed by atoms with Crippen molar-refractivity contribution in [3.8, 4) is 0 Å². The first-order valence-electron chi connectivity index (χ1n) is 13.4. The number of furan rings is 1. The predicted molar refractivity (Wildman–Crippen MR) is 151 cm³/mol. The van der Waals surface area contributed by atoms with Gasteiger partial charge in [-0.05, 0) is 90.2 Å². The third-order valence-corrected chi connectivity index (χ3v) is 7.92. The summed E-state index contributed by atoms with van der Waals surface area (Å²) < 4.78 is 7.72. The van der Waals surface area contributed by atoms with Crippen LogP contribution in [0.1, 0.15) is 71.6 Å². The molecule has 0 amide bonds. The van der Waals surface area contributed by atoms with Crippen molar-refractivity contribution >= 4 is 22.5 Å². The standard InChI is InChI=1S/C30H31ClN6O2/c1-19-14-20(2)25-16-26(30(38)32-27(25)15-19)28(29-33-34-35-37(29)23-6-3-4-7-23)36(18-24-8-5-13-39-24)17-21-9-11-22(31)12-10-21/h5,8-16,23,28H,3-4,6-7,17-18H2,1-2H3,(H,32,38). The minimum atomic E-state index is -0.518. The molecule has 3 aromatic heterocycles. The van der Waals surface area contributed by atoms with Gasteiger partial charge in [-0.3, -0.25) is 9.69 Å². The van der Waals surface area contributed by atoms with Gasteiger partial charge in [-0.2, -0.15) is 0 Å². The van der Waals surface area contributed by atoms with E-state index in [4.69, 9.17) is 16.0 Å². The molecule has 1 saturated carbocycles. The van der Waals surface area contributed by atoms with Crippen LogP contribution in [0.4, 0.5) is 0 Å². The van der Waals surface area contributed by atoms with Crippen molar-refractivity contribution in [3.63, 3.8) is 0 Å². The van der Waals surface area contributed by atoms with Gasteiger partial charge in [0.15, 0.2) is 5.82 Å². The second kappa shape index (κ2) is 10.8. The number of aryl methyl sites for hydroxylation is 2. The highest BCUT2D eigenvalue weighted by atomic mass is 35.5. The van der Waals surface area contributed by atoms with Crippen LogP contribution in [0.5, 0.6) is 0 Å². The topological polar surface area (TPSA) is 92.8 Å². The van der Waals surface area contributed by atoms with Crippen molar-refractivity contribution in [1.29, 1.82) is 0 Å². The quantitative estimate of drug-likeness (QED) is 0.248. The third kappa shape index (κ3) is 5.27. The molecule has 1 unspecified atom stereocenters. The van der Waals surface area contributed by atoms with Gasteiger partial charge in [0.25, 0.3) is 5.56 Å². The molecule has 0 saturated heterocycles. The summed E-state index contributed by atoms with van der Waals surface area (Å²) in [5, 5.41) is 14.8. The van der Waals surface area contributed by atoms with E-state index in [-0.39, 0.29) is 11.6 Å². The van der Waals surface area contributed by atoms with Crippen molar-refractivity contribution in [2.45, 2.75) is 64.7 Å². The second-order valence-corrected chi connectivity index (χ2v) is 11.0. The molecule has 6 rings (SSSR count). The van der Waals surface area contributed by atoms with Gasteiger partial charge in [-0.25, -0.2) is 4.68 Å². The first-order valence-corrected chi connectivity index (χ1v) is 13.8. The van der Waals surface area contributed by atoms with Crippen molar-refractivity contribution in [1.82, 2.24) is 30.1 Å². The van der Waals surface area contributed by atoms with Gasteiger partial charge in [0.1, 0.15) is 11.8 Å². The number of aromatic nitrogens is 5. The Morgan fingerprint density at radius 1 is 1.10 bits per heavy atom. The second-order valence-electron chi connectivity index (χ2n) is 10.5. The maximum Gasteiger partial charge on any atom is 0.253 e. The molecule has 0 bridgehead atoms. The fourth-order valence-corrected chi connectivity index (χ4v) is 5.97. The van der Waals surface area contributed by atoms with Gasteiger partial charge in [0, 0.05) is 28.0 Å². The molecule has 200 valence electrons. The Morgan fingerprint density at radius 3 is 2.64 bits per heavy atom. The molecule has 3 heterocycles. The Labute approximate surface area is 231 Å². The third-order valence-electron chi connectivity index (χ3n) is 7.67. The molecule has 1 N–H and O–H groups in total. The van der Waals surface area contributed by atoms with Crippen molar-refractivity contribution in [2.75, 3.05) is 0 Å². The van der Waals surface area contributed by atoms with Crippen LogP contribution in [0.25, 0.3) is 10.9 Å². The maximum atomic E-state index is 13.8. The molecular formula is C30H31ClN6O2. The zero-order chi connectivity index (χ0) is 26.9. The molecule has 9 heteroatoms. The predicted octanol–water partition coefficient (Wildman–Crippen LogP) is 6.28. The van der Waals surface area contributed by atoms with E-state index in [1.165, 1.54) is 0 Å². The zero-order valence-electron chi connectivity index (χ0n) is 22.1. The molecule has 8 nitrogen and oxygen atoms in total. The maximum absolute atomic E-state index is 13.8. The SMILES string of the molecule is Cc1cc(C)c2cc(C(c3nnnn3C3CCCC3)N(Cc3ccc(Cl)cc3)Cc3ccco3)c(=O)[nH]c2c1. The van der Waals surface area contributed by atoms with E-state index in [2.05, 4.69) is 38.4 Å². The summed E-state index contributed by atoms with van der Waals surface area (Å²) in [5.74, 6) is 1.45. The number of nitrogens with zero attached hydrogens (tertiary/aromatic N) is 5. The first-order chi connectivity index (χ1) is 19.0. The highest BCUT2D eigenvalue weighted by molar-refractivity contribution is 6.30. The summed E-state index contributed by atoms with van der Waals surface area (Å²) in [4.78, 5) is 19.2. The van der Waals surface area contributed by atoms with E-state index < -0.39 is 6.04 Å². The van der Waals surface area contributed by atoms with E-state index in [0.29, 0.717) is 29.5 Å². The van der Waals surface area contributed by atoms with Gasteiger partial charge in [-0.15, -0.1) is 5.10 Å². The molecule has 5 aromatic rings. The number of aromatic amines is 1. The van der Waals surface area contributed by atoms with Crippen LogP contribution >= 0.6 is 11.6 Å². The van der Waals surface area contributed by atoms with E-state index in [1.807, 2.05) is 60.1 Å². The molecule has 1 aliphatic rings. The average Bonchev–Trinajstić information content (AvgIpc) is 3.69. The zero-order valence-corrected chi connectivity index (χ0v) is 22.9. The van der Waals surface area contributed by atoms with Crippen LogP contribution in [0.15, 0.2) is 70.1 Å². The normalized spacial score (nSPS) is 15.0. The van der Waals surface area contributed by atoms with Crippen molar-refractivity contribution < 1.29 is 4.42 Å². The van der Waals surface area contributed by atoms with Crippen LogP contribution < -0.4 is 5.56 Å². The van der Waals surface area contributed by atoms with Gasteiger partial charge in [0.05, 0.1) is 18.8 Å². The largest absolute Gasteiger partial charge is 0.468 e. The van der Waals surface area contributed by atoms with E-state index in [0.717, 1.165) is 59.0 Å². The molecule has 1 atom stereocenters. The Morgan fingerprint density at radius 2 is 1.90 bits per heavy atom. The number of H-pyrrole nitrogens is 1. The number of nitrogens with one attached hydrogen (secondary N) is 1. The highest BCUT2D eigenvalue weighted by Gasteiger charge is 2.34. The molecular weight excluding hydrogens is 512 g/mol. The summed E-state index contributed by atoms with van der Waals surface area (Å²) in [5.41, 5.74) is 4.54. The minimum absolute atomic E-state index is 0.154. The number of rotatable bonds is 8. The Balaban J connectivity index is 1.54. The number of fused-ring (bicyclic) bond motifs is 1. The Bertz CT molecular complexity index is 1630. The monoisotopic (exact) mass is 542 g/mol. The summed E-state index contributed by atoms with van der Waals surface area (Å²) in [6.45, 7) is 5.10. The fourth-order valence-electron chi connectivity index (χ4n) is 5.85. The van der Waals surface area contributed by atoms with E-state index >= 15 is 0 Å². The number of hydrogen-bond acceptors (Lipinski definition) is 6. The highest BCUT2D eigenvalue weighted by Crippen LogP contribution is 2.35. The lowest BCUT2D eigenvalue weighted by Crippen LogP contribution is -2.35. The molecule has 39 heavy (non-hydrogen) atoms. The number of hydrogen-bond donors (Lipinski definition) is 1. The lowest BCUT2D eigenvalue weighted by atomic mass is 9.99. The minimum Gasteiger partial charge on any atom is -0.468 e. The van der Waals surface area contributed by atoms with Gasteiger partial charge in [-0.1, -0.05) is 42.6 Å². The lowest BCUT2D eigenvalue weighted by Gasteiger charge is -2.31. The molecule has 0 aliphatic heterocycles. The van der Waals surface area contributed by atoms with Crippen LogP contribution in [0.3, 0.4) is 0 Å². The van der Waals surface area contributed by atoms with E-state index in [1.54, 1.807) is 6.26 Å². The Kier molecular flexibility index (Phi) is 7.06. The number of pyridine rings is 1. The van der Waals surface area contributed by atoms with Crippen molar-refractivity contribution in [2.24, 2.45) is 0 Å². The van der Waals surface area contributed by atoms with Gasteiger partial charge >= 0.3 is 0 Å². The van der Waals surface area contributed by atoms with Crippen LogP contribution in [-0.2, 0) is 13.1 Å². The van der Waals surface area contributed by atoms with Gasteiger partial charge < -0.3 is 9.40 Å². The first kappa shape index (κ1) is 25.5. The fraction of sp³-hybridized carbons (Fsp3) is 0.333. The smallest absolute Gasteiger partial charge is 0.253 e. The van der Waals surface area contributed by atoms with Crippen LogP contribution in [0, 0.1) is 13.8 Å². The summed E-state index contributed by atoms with van der Waals surface area (Å²) >= 11 is 6.19. The summed E-state index contributed by atoms with van der Waals surface area (Å²) in [7, 11) is 0. The average molecular weight is 543 g/mol. The van der Waals surface area contributed by atoms with Crippen molar-refractivity contribution in [3.05, 3.63) is 110 Å². The number of benzene rings is 2. The summed E-state index contributed by atoms with van der Waals surface area (Å²) in [6, 6.07) is 17.5.